The molecule has 1 atom stereocenters. The van der Waals surface area contributed by atoms with E-state index < -0.39 is 0 Å². The molecule has 4 rings (SSSR count). The van der Waals surface area contributed by atoms with E-state index in [1.165, 1.54) is 12.1 Å². The van der Waals surface area contributed by atoms with Crippen molar-refractivity contribution in [3.63, 3.8) is 0 Å². The van der Waals surface area contributed by atoms with E-state index in [9.17, 15) is 9.18 Å². The molecule has 144 valence electrons. The van der Waals surface area contributed by atoms with E-state index in [1.807, 2.05) is 29.2 Å². The normalized spacial score (nSPS) is 16.8. The summed E-state index contributed by atoms with van der Waals surface area (Å²) < 4.78 is 20.3. The van der Waals surface area contributed by atoms with Crippen molar-refractivity contribution >= 4 is 5.91 Å². The molecule has 0 saturated carbocycles. The summed E-state index contributed by atoms with van der Waals surface area (Å²) in [6.45, 7) is 0.681. The summed E-state index contributed by atoms with van der Waals surface area (Å²) in [6, 6.07) is 13.9. The van der Waals surface area contributed by atoms with Crippen LogP contribution in [0.15, 0.2) is 60.9 Å². The number of ether oxygens (including phenoxy) is 1. The first-order valence-electron chi connectivity index (χ1n) is 9.42. The Hall–Kier alpha value is -3.15. The molecule has 1 fully saturated rings. The van der Waals surface area contributed by atoms with Gasteiger partial charge in [-0.25, -0.2) is 9.07 Å². The van der Waals surface area contributed by atoms with Gasteiger partial charge in [-0.3, -0.25) is 4.79 Å². The number of rotatable bonds is 4. The first-order valence-corrected chi connectivity index (χ1v) is 9.42. The molecule has 1 aromatic heterocycles. The Labute approximate surface area is 163 Å². The SMILES string of the molecule is COc1ccccc1-n1cc(C(=O)N2CCCC[C@H]2c2ccc(F)cc2)cn1. The van der Waals surface area contributed by atoms with Crippen LogP contribution < -0.4 is 4.74 Å². The molecule has 2 heterocycles. The average Bonchev–Trinajstić information content (AvgIpc) is 3.24. The maximum absolute atomic E-state index is 13.3. The highest BCUT2D eigenvalue weighted by Gasteiger charge is 2.29. The fraction of sp³-hybridized carbons (Fsp3) is 0.273. The van der Waals surface area contributed by atoms with E-state index in [-0.39, 0.29) is 17.8 Å². The van der Waals surface area contributed by atoms with E-state index in [0.717, 1.165) is 30.5 Å². The van der Waals surface area contributed by atoms with Gasteiger partial charge in [0.15, 0.2) is 0 Å². The quantitative estimate of drug-likeness (QED) is 0.676. The number of hydrogen-bond donors (Lipinski definition) is 0. The number of carbonyl (C=O) groups excluding carboxylic acids is 1. The maximum atomic E-state index is 13.3. The molecule has 5 nitrogen and oxygen atoms in total. The molecule has 0 unspecified atom stereocenters. The smallest absolute Gasteiger partial charge is 0.257 e. The van der Waals surface area contributed by atoms with Crippen LogP contribution in [0.2, 0.25) is 0 Å². The van der Waals surface area contributed by atoms with Gasteiger partial charge in [-0.2, -0.15) is 5.10 Å². The number of carbonyl (C=O) groups is 1. The zero-order valence-electron chi connectivity index (χ0n) is 15.7. The molecule has 1 aliphatic heterocycles. The van der Waals surface area contributed by atoms with Crippen LogP contribution in [0.25, 0.3) is 5.69 Å². The van der Waals surface area contributed by atoms with Crippen molar-refractivity contribution in [3.8, 4) is 11.4 Å². The Morgan fingerprint density at radius 2 is 1.93 bits per heavy atom. The molecule has 0 bridgehead atoms. The molecule has 3 aromatic rings. The fourth-order valence-corrected chi connectivity index (χ4v) is 3.76. The van der Waals surface area contributed by atoms with Gasteiger partial charge in [0.05, 0.1) is 24.9 Å². The number of para-hydroxylation sites is 2. The van der Waals surface area contributed by atoms with Gasteiger partial charge in [0.1, 0.15) is 17.3 Å². The van der Waals surface area contributed by atoms with Crippen LogP contribution in [0.1, 0.15) is 41.2 Å². The molecular weight excluding hydrogens is 357 g/mol. The Balaban J connectivity index is 1.61. The van der Waals surface area contributed by atoms with Crippen LogP contribution in [0.5, 0.6) is 5.75 Å². The van der Waals surface area contributed by atoms with Crippen molar-refractivity contribution in [3.05, 3.63) is 77.9 Å². The van der Waals surface area contributed by atoms with Crippen LogP contribution in [0, 0.1) is 5.82 Å². The number of aromatic nitrogens is 2. The summed E-state index contributed by atoms with van der Waals surface area (Å²) in [7, 11) is 1.61. The van der Waals surface area contributed by atoms with Gasteiger partial charge >= 0.3 is 0 Å². The lowest BCUT2D eigenvalue weighted by Crippen LogP contribution is -2.38. The predicted molar refractivity (Wildman–Crippen MR) is 104 cm³/mol. The minimum atomic E-state index is -0.268. The van der Waals surface area contributed by atoms with Crippen molar-refractivity contribution in [2.24, 2.45) is 0 Å². The minimum absolute atomic E-state index is 0.0449. The molecule has 1 saturated heterocycles. The third-order valence-corrected chi connectivity index (χ3v) is 5.18. The van der Waals surface area contributed by atoms with Crippen molar-refractivity contribution in [2.45, 2.75) is 25.3 Å². The number of nitrogens with zero attached hydrogens (tertiary/aromatic N) is 3. The van der Waals surface area contributed by atoms with Gasteiger partial charge in [0, 0.05) is 12.7 Å². The lowest BCUT2D eigenvalue weighted by Gasteiger charge is -2.36. The number of piperidine rings is 1. The summed E-state index contributed by atoms with van der Waals surface area (Å²) in [4.78, 5) is 15.1. The number of amides is 1. The minimum Gasteiger partial charge on any atom is -0.494 e. The van der Waals surface area contributed by atoms with Gasteiger partial charge in [0.2, 0.25) is 0 Å². The third-order valence-electron chi connectivity index (χ3n) is 5.18. The first kappa shape index (κ1) is 18.2. The van der Waals surface area contributed by atoms with E-state index >= 15 is 0 Å². The highest BCUT2D eigenvalue weighted by atomic mass is 19.1. The summed E-state index contributed by atoms with van der Waals surface area (Å²) in [5, 5.41) is 4.36. The summed E-state index contributed by atoms with van der Waals surface area (Å²) in [5.41, 5.74) is 2.27. The average molecular weight is 379 g/mol. The summed E-state index contributed by atoms with van der Waals surface area (Å²) >= 11 is 0. The molecular formula is C22H22FN3O2. The van der Waals surface area contributed by atoms with Crippen LogP contribution in [-0.4, -0.2) is 34.2 Å². The van der Waals surface area contributed by atoms with Gasteiger partial charge in [0.25, 0.3) is 5.91 Å². The molecule has 0 spiro atoms. The summed E-state index contributed by atoms with van der Waals surface area (Å²) in [6.07, 6.45) is 6.20. The van der Waals surface area contributed by atoms with Gasteiger partial charge < -0.3 is 9.64 Å². The Bertz CT molecular complexity index is 968. The number of likely N-dealkylation sites (tertiary alicyclic amines) is 1. The highest BCUT2D eigenvalue weighted by molar-refractivity contribution is 5.94. The number of methoxy groups -OCH3 is 1. The van der Waals surface area contributed by atoms with E-state index in [1.54, 1.807) is 36.3 Å². The second kappa shape index (κ2) is 7.84. The van der Waals surface area contributed by atoms with Crippen molar-refractivity contribution < 1.29 is 13.9 Å². The van der Waals surface area contributed by atoms with Crippen LogP contribution >= 0.6 is 0 Å². The largest absolute Gasteiger partial charge is 0.494 e. The molecule has 2 aromatic carbocycles. The second-order valence-corrected chi connectivity index (χ2v) is 6.91. The third kappa shape index (κ3) is 3.50. The molecule has 1 aliphatic rings. The van der Waals surface area contributed by atoms with E-state index in [2.05, 4.69) is 5.10 Å². The van der Waals surface area contributed by atoms with E-state index in [4.69, 9.17) is 4.74 Å². The Morgan fingerprint density at radius 1 is 1.14 bits per heavy atom. The first-order chi connectivity index (χ1) is 13.7. The summed E-state index contributed by atoms with van der Waals surface area (Å²) in [5.74, 6) is 0.359. The molecule has 0 aliphatic carbocycles. The molecule has 0 N–H and O–H groups in total. The standard InChI is InChI=1S/C22H22FN3O2/c1-28-21-8-3-2-7-20(21)26-15-17(14-24-26)22(27)25-13-5-4-6-19(25)16-9-11-18(23)12-10-16/h2-3,7-12,14-15,19H,4-6,13H2,1H3/t19-/m0/s1. The molecule has 6 heteroatoms. The van der Waals surface area contributed by atoms with Crippen molar-refractivity contribution in [1.82, 2.24) is 14.7 Å². The lowest BCUT2D eigenvalue weighted by atomic mass is 9.94. The van der Waals surface area contributed by atoms with E-state index in [0.29, 0.717) is 17.9 Å². The fourth-order valence-electron chi connectivity index (χ4n) is 3.76. The number of benzene rings is 2. The van der Waals surface area contributed by atoms with Crippen LogP contribution in [0.3, 0.4) is 0 Å². The second-order valence-electron chi connectivity index (χ2n) is 6.91. The Morgan fingerprint density at radius 3 is 2.71 bits per heavy atom. The van der Waals surface area contributed by atoms with Crippen molar-refractivity contribution in [1.29, 1.82) is 0 Å². The lowest BCUT2D eigenvalue weighted by molar-refractivity contribution is 0.0611. The molecule has 28 heavy (non-hydrogen) atoms. The highest BCUT2D eigenvalue weighted by Crippen LogP contribution is 2.32. The van der Waals surface area contributed by atoms with Gasteiger partial charge in [-0.15, -0.1) is 0 Å². The zero-order valence-corrected chi connectivity index (χ0v) is 15.7. The number of hydrogen-bond acceptors (Lipinski definition) is 3. The topological polar surface area (TPSA) is 47.4 Å². The van der Waals surface area contributed by atoms with Crippen LogP contribution in [0.4, 0.5) is 4.39 Å². The molecule has 1 amide bonds. The predicted octanol–water partition coefficient (Wildman–Crippen LogP) is 4.39. The Kier molecular flexibility index (Phi) is 5.10. The van der Waals surface area contributed by atoms with Gasteiger partial charge in [-0.05, 0) is 49.1 Å². The number of halogens is 1. The monoisotopic (exact) mass is 379 g/mol. The van der Waals surface area contributed by atoms with Crippen LogP contribution in [-0.2, 0) is 0 Å². The zero-order chi connectivity index (χ0) is 19.5. The van der Waals surface area contributed by atoms with Crippen molar-refractivity contribution in [2.75, 3.05) is 13.7 Å². The molecule has 0 radical (unpaired) electrons. The maximum Gasteiger partial charge on any atom is 0.257 e. The van der Waals surface area contributed by atoms with Gasteiger partial charge in [-0.1, -0.05) is 24.3 Å².